The third kappa shape index (κ3) is 3.63. The van der Waals surface area contributed by atoms with E-state index in [1.165, 1.54) is 0 Å². The molecule has 5 nitrogen and oxygen atoms in total. The number of nitrogens with one attached hydrogen (secondary N) is 1. The van der Waals surface area contributed by atoms with Crippen LogP contribution in [0.15, 0.2) is 42.5 Å². The Morgan fingerprint density at radius 1 is 1.29 bits per heavy atom. The van der Waals surface area contributed by atoms with E-state index in [0.29, 0.717) is 15.8 Å². The Morgan fingerprint density at radius 2 is 2.00 bits per heavy atom. The second-order valence-corrected chi connectivity index (χ2v) is 6.88. The molecule has 1 heterocycles. The van der Waals surface area contributed by atoms with Gasteiger partial charge in [-0.1, -0.05) is 29.8 Å². The predicted octanol–water partition coefficient (Wildman–Crippen LogP) is 4.48. The number of hydrogen-bond acceptors (Lipinski definition) is 3. The number of para-hydroxylation sites is 1. The molecular weight excluding hydrogens is 328 g/mol. The summed E-state index contributed by atoms with van der Waals surface area (Å²) in [4.78, 5) is 12.1. The van der Waals surface area contributed by atoms with E-state index in [1.54, 1.807) is 24.3 Å². The minimum atomic E-state index is -0.618. The zero-order chi connectivity index (χ0) is 17.3. The number of halogens is 1. The predicted molar refractivity (Wildman–Crippen MR) is 92.7 cm³/mol. The third-order valence-electron chi connectivity index (χ3n) is 3.82. The molecule has 0 aromatic heterocycles. The van der Waals surface area contributed by atoms with Crippen LogP contribution in [-0.2, 0) is 13.0 Å². The molecule has 6 heteroatoms. The van der Waals surface area contributed by atoms with E-state index in [-0.39, 0.29) is 12.1 Å². The van der Waals surface area contributed by atoms with Gasteiger partial charge in [0.15, 0.2) is 0 Å². The first-order valence-electron chi connectivity index (χ1n) is 7.67. The summed E-state index contributed by atoms with van der Waals surface area (Å²) < 4.78 is 5.95. The summed E-state index contributed by atoms with van der Waals surface area (Å²) in [6.45, 7) is 4.07. The number of fused-ring (bicyclic) bond motifs is 1. The van der Waals surface area contributed by atoms with E-state index in [9.17, 15) is 10.0 Å². The number of hydrogen-bond donors (Lipinski definition) is 2. The highest BCUT2D eigenvalue weighted by Gasteiger charge is 2.32. The molecule has 0 unspecified atom stereocenters. The summed E-state index contributed by atoms with van der Waals surface area (Å²) in [7, 11) is 0. The molecule has 2 aromatic carbocycles. The van der Waals surface area contributed by atoms with Crippen LogP contribution in [0.1, 0.15) is 25.0 Å². The number of amides is 2. The van der Waals surface area contributed by atoms with Crippen molar-refractivity contribution in [1.82, 2.24) is 5.06 Å². The summed E-state index contributed by atoms with van der Waals surface area (Å²) in [5.41, 5.74) is 2.14. The highest BCUT2D eigenvalue weighted by molar-refractivity contribution is 6.30. The molecule has 3 rings (SSSR count). The van der Waals surface area contributed by atoms with Gasteiger partial charge in [-0.15, -0.1) is 0 Å². The lowest BCUT2D eigenvalue weighted by Crippen LogP contribution is -2.31. The van der Waals surface area contributed by atoms with E-state index in [2.05, 4.69) is 5.32 Å². The highest BCUT2D eigenvalue weighted by Crippen LogP contribution is 2.37. The Kier molecular flexibility index (Phi) is 4.39. The second-order valence-electron chi connectivity index (χ2n) is 6.44. The number of nitrogens with zero attached hydrogens (tertiary/aromatic N) is 1. The van der Waals surface area contributed by atoms with Crippen molar-refractivity contribution in [3.05, 3.63) is 58.6 Å². The maximum absolute atomic E-state index is 12.1. The van der Waals surface area contributed by atoms with Crippen LogP contribution in [0.4, 0.5) is 10.5 Å². The van der Waals surface area contributed by atoms with Crippen molar-refractivity contribution in [2.75, 3.05) is 5.32 Å². The molecule has 2 amide bonds. The van der Waals surface area contributed by atoms with Gasteiger partial charge in [-0.05, 0) is 43.7 Å². The van der Waals surface area contributed by atoms with Gasteiger partial charge in [-0.25, -0.2) is 9.86 Å². The SMILES string of the molecule is CC1(C)Cc2cccc(CN(O)C(=O)Nc3ccc(Cl)cc3)c2O1. The van der Waals surface area contributed by atoms with Gasteiger partial charge in [0.25, 0.3) is 0 Å². The molecule has 2 N–H and O–H groups in total. The number of hydroxylamine groups is 2. The van der Waals surface area contributed by atoms with Gasteiger partial charge in [-0.3, -0.25) is 5.21 Å². The summed E-state index contributed by atoms with van der Waals surface area (Å²) in [6, 6.07) is 11.8. The van der Waals surface area contributed by atoms with Gasteiger partial charge < -0.3 is 10.1 Å². The summed E-state index contributed by atoms with van der Waals surface area (Å²) in [6.07, 6.45) is 0.804. The molecule has 126 valence electrons. The van der Waals surface area contributed by atoms with E-state index >= 15 is 0 Å². The zero-order valence-corrected chi connectivity index (χ0v) is 14.3. The van der Waals surface area contributed by atoms with Crippen molar-refractivity contribution >= 4 is 23.3 Å². The molecule has 0 atom stereocenters. The minimum Gasteiger partial charge on any atom is -0.487 e. The van der Waals surface area contributed by atoms with Crippen molar-refractivity contribution in [2.45, 2.75) is 32.4 Å². The average molecular weight is 347 g/mol. The molecular formula is C18H19ClN2O3. The Labute approximate surface area is 145 Å². The first kappa shape index (κ1) is 16.6. The van der Waals surface area contributed by atoms with Crippen molar-refractivity contribution < 1.29 is 14.7 Å². The normalized spacial score (nSPS) is 14.7. The molecule has 0 bridgehead atoms. The standard InChI is InChI=1S/C18H19ClN2O3/c1-18(2)10-12-4-3-5-13(16(12)24-18)11-21(23)17(22)20-15-8-6-14(19)7-9-15/h3-9,23H,10-11H2,1-2H3,(H,20,22). The van der Waals surface area contributed by atoms with Gasteiger partial charge in [0.05, 0.1) is 6.54 Å². The molecule has 24 heavy (non-hydrogen) atoms. The van der Waals surface area contributed by atoms with Gasteiger partial charge in [-0.2, -0.15) is 0 Å². The van der Waals surface area contributed by atoms with Gasteiger partial charge in [0.2, 0.25) is 0 Å². The number of ether oxygens (including phenoxy) is 1. The van der Waals surface area contributed by atoms with Gasteiger partial charge in [0.1, 0.15) is 11.4 Å². The lowest BCUT2D eigenvalue weighted by atomic mass is 10.0. The quantitative estimate of drug-likeness (QED) is 0.636. The maximum atomic E-state index is 12.1. The van der Waals surface area contributed by atoms with Crippen molar-refractivity contribution in [3.63, 3.8) is 0 Å². The van der Waals surface area contributed by atoms with Crippen molar-refractivity contribution in [3.8, 4) is 5.75 Å². The molecule has 0 fully saturated rings. The summed E-state index contributed by atoms with van der Waals surface area (Å²) in [5, 5.41) is 13.9. The van der Waals surface area contributed by atoms with E-state index in [1.807, 2.05) is 32.0 Å². The summed E-state index contributed by atoms with van der Waals surface area (Å²) >= 11 is 5.81. The maximum Gasteiger partial charge on any atom is 0.345 e. The summed E-state index contributed by atoms with van der Waals surface area (Å²) in [5.74, 6) is 0.751. The van der Waals surface area contributed by atoms with Crippen LogP contribution in [0.2, 0.25) is 5.02 Å². The number of carbonyl (C=O) groups is 1. The molecule has 2 aromatic rings. The van der Waals surface area contributed by atoms with E-state index in [4.69, 9.17) is 16.3 Å². The number of anilines is 1. The minimum absolute atomic E-state index is 0.0404. The molecule has 0 saturated carbocycles. The fraction of sp³-hybridized carbons (Fsp3) is 0.278. The van der Waals surface area contributed by atoms with Gasteiger partial charge in [0, 0.05) is 22.7 Å². The zero-order valence-electron chi connectivity index (χ0n) is 13.5. The van der Waals surface area contributed by atoms with Crippen molar-refractivity contribution in [1.29, 1.82) is 0 Å². The monoisotopic (exact) mass is 346 g/mol. The Balaban J connectivity index is 1.69. The lowest BCUT2D eigenvalue weighted by molar-refractivity contribution is -0.0457. The molecule has 0 aliphatic carbocycles. The van der Waals surface area contributed by atoms with Crippen LogP contribution in [0.25, 0.3) is 0 Å². The van der Waals surface area contributed by atoms with Crippen LogP contribution < -0.4 is 10.1 Å². The average Bonchev–Trinajstić information content (AvgIpc) is 2.84. The molecule has 0 radical (unpaired) electrons. The second kappa shape index (κ2) is 6.34. The van der Waals surface area contributed by atoms with Crippen LogP contribution in [0.5, 0.6) is 5.75 Å². The van der Waals surface area contributed by atoms with Crippen LogP contribution in [0.3, 0.4) is 0 Å². The van der Waals surface area contributed by atoms with E-state index in [0.717, 1.165) is 23.3 Å². The Bertz CT molecular complexity index is 759. The molecule has 0 saturated heterocycles. The number of carbonyl (C=O) groups excluding carboxylic acids is 1. The van der Waals surface area contributed by atoms with Crippen LogP contribution >= 0.6 is 11.6 Å². The fourth-order valence-electron chi connectivity index (χ4n) is 2.76. The Hall–Kier alpha value is -2.24. The third-order valence-corrected chi connectivity index (χ3v) is 4.07. The van der Waals surface area contributed by atoms with Crippen LogP contribution in [-0.4, -0.2) is 21.9 Å². The molecule has 1 aliphatic rings. The first-order valence-corrected chi connectivity index (χ1v) is 8.05. The van der Waals surface area contributed by atoms with Gasteiger partial charge >= 0.3 is 6.03 Å². The number of benzene rings is 2. The lowest BCUT2D eigenvalue weighted by Gasteiger charge is -2.20. The fourth-order valence-corrected chi connectivity index (χ4v) is 2.88. The number of urea groups is 1. The topological polar surface area (TPSA) is 61.8 Å². The first-order chi connectivity index (χ1) is 11.3. The molecule has 0 spiro atoms. The largest absolute Gasteiger partial charge is 0.487 e. The molecule has 1 aliphatic heterocycles. The van der Waals surface area contributed by atoms with Crippen LogP contribution in [0, 0.1) is 0 Å². The Morgan fingerprint density at radius 3 is 2.71 bits per heavy atom. The van der Waals surface area contributed by atoms with E-state index < -0.39 is 6.03 Å². The smallest absolute Gasteiger partial charge is 0.345 e. The highest BCUT2D eigenvalue weighted by atomic mass is 35.5. The van der Waals surface area contributed by atoms with Crippen molar-refractivity contribution in [2.24, 2.45) is 0 Å². The number of rotatable bonds is 3.